The first-order chi connectivity index (χ1) is 8.64. The molecule has 0 saturated carbocycles. The van der Waals surface area contributed by atoms with Crippen LogP contribution in [0.5, 0.6) is 0 Å². The molecule has 0 aliphatic heterocycles. The largest absolute Gasteiger partial charge is 0.480 e. The maximum absolute atomic E-state index is 12.9. The average Bonchev–Trinajstić information content (AvgIpc) is 2.26. The van der Waals surface area contributed by atoms with Gasteiger partial charge in [0.05, 0.1) is 5.30 Å². The van der Waals surface area contributed by atoms with Crippen LogP contribution in [0.15, 0.2) is 18.2 Å². The van der Waals surface area contributed by atoms with Crippen LogP contribution in [-0.2, 0) is 15.8 Å². The molecule has 5 N–H and O–H groups in total. The van der Waals surface area contributed by atoms with Gasteiger partial charge < -0.3 is 20.6 Å². The Balaban J connectivity index is 3.33. The van der Waals surface area contributed by atoms with Crippen LogP contribution in [0.2, 0.25) is 0 Å². The van der Waals surface area contributed by atoms with Crippen LogP contribution in [0, 0.1) is 0 Å². The van der Waals surface area contributed by atoms with Gasteiger partial charge in [0.25, 0.3) is 6.43 Å². The Bertz CT molecular complexity index is 531. The fourth-order valence-corrected chi connectivity index (χ4v) is 2.44. The highest BCUT2D eigenvalue weighted by Crippen LogP contribution is 2.38. The summed E-state index contributed by atoms with van der Waals surface area (Å²) >= 11 is 0. The Morgan fingerprint density at radius 2 is 1.95 bits per heavy atom. The monoisotopic (exact) mass is 295 g/mol. The summed E-state index contributed by atoms with van der Waals surface area (Å²) in [6, 6.07) is 1.80. The maximum atomic E-state index is 12.9. The lowest BCUT2D eigenvalue weighted by atomic mass is 10.0. The maximum Gasteiger partial charge on any atom is 0.356 e. The molecule has 1 aromatic rings. The van der Waals surface area contributed by atoms with Crippen molar-refractivity contribution >= 4 is 18.9 Å². The number of hydrogen-bond donors (Lipinski definition) is 4. The number of carboxylic acid groups (broad SMARTS) is 1. The number of rotatable bonds is 5. The fourth-order valence-electron chi connectivity index (χ4n) is 1.61. The lowest BCUT2D eigenvalue weighted by molar-refractivity contribution is -0.138. The van der Waals surface area contributed by atoms with Gasteiger partial charge in [0.15, 0.2) is 0 Å². The molecule has 1 atom stereocenters. The van der Waals surface area contributed by atoms with Gasteiger partial charge in [-0.05, 0) is 18.1 Å². The van der Waals surface area contributed by atoms with E-state index in [1.54, 1.807) is 0 Å². The van der Waals surface area contributed by atoms with Gasteiger partial charge in [-0.1, -0.05) is 12.1 Å². The highest BCUT2D eigenvalue weighted by atomic mass is 31.2. The molecule has 19 heavy (non-hydrogen) atoms. The molecule has 6 nitrogen and oxygen atoms in total. The second-order valence-electron chi connectivity index (χ2n) is 3.84. The van der Waals surface area contributed by atoms with Crippen LogP contribution in [-0.4, -0.2) is 26.9 Å². The van der Waals surface area contributed by atoms with E-state index in [9.17, 15) is 18.1 Å². The molecular formula is C10H12F2NO5P. The molecule has 0 spiro atoms. The number of aliphatic carboxylic acids is 1. The van der Waals surface area contributed by atoms with E-state index >= 15 is 0 Å². The normalized spacial score (nSPS) is 13.6. The van der Waals surface area contributed by atoms with E-state index in [1.165, 1.54) is 12.1 Å². The first kappa shape index (κ1) is 15.7. The minimum absolute atomic E-state index is 0.189. The van der Waals surface area contributed by atoms with Crippen molar-refractivity contribution in [2.24, 2.45) is 5.73 Å². The van der Waals surface area contributed by atoms with E-state index in [-0.39, 0.29) is 5.56 Å². The first-order valence-electron chi connectivity index (χ1n) is 5.09. The van der Waals surface area contributed by atoms with Crippen molar-refractivity contribution < 1.29 is 33.0 Å². The molecule has 0 bridgehead atoms. The van der Waals surface area contributed by atoms with Crippen LogP contribution < -0.4 is 11.0 Å². The standard InChI is InChI=1S/C10H12F2NO5P/c11-9(12)8-5(4-6(13)10(14)15)2-1-3-7(8)19(16,17)18/h1-3,6,9H,4,13H2,(H,14,15)(H2,16,17,18). The highest BCUT2D eigenvalue weighted by molar-refractivity contribution is 7.60. The number of hydrogen-bond acceptors (Lipinski definition) is 3. The third-order valence-corrected chi connectivity index (χ3v) is 3.48. The second-order valence-corrected chi connectivity index (χ2v) is 5.41. The number of halogens is 2. The smallest absolute Gasteiger partial charge is 0.356 e. The van der Waals surface area contributed by atoms with Gasteiger partial charge in [0.1, 0.15) is 6.04 Å². The number of benzene rings is 1. The summed E-state index contributed by atoms with van der Waals surface area (Å²) in [4.78, 5) is 28.6. The van der Waals surface area contributed by atoms with Gasteiger partial charge in [-0.15, -0.1) is 0 Å². The molecule has 0 fully saturated rings. The summed E-state index contributed by atoms with van der Waals surface area (Å²) in [7, 11) is -4.87. The number of alkyl halides is 2. The van der Waals surface area contributed by atoms with Crippen molar-refractivity contribution in [3.05, 3.63) is 29.3 Å². The molecule has 0 amide bonds. The molecule has 1 rings (SSSR count). The Kier molecular flexibility index (Phi) is 4.75. The quantitative estimate of drug-likeness (QED) is 0.583. The summed E-state index contributed by atoms with van der Waals surface area (Å²) in [6.45, 7) is 0. The van der Waals surface area contributed by atoms with Gasteiger partial charge in [0.2, 0.25) is 0 Å². The topological polar surface area (TPSA) is 121 Å². The molecular weight excluding hydrogens is 283 g/mol. The van der Waals surface area contributed by atoms with E-state index < -0.39 is 43.3 Å². The lowest BCUT2D eigenvalue weighted by Gasteiger charge is -2.16. The Hall–Kier alpha value is -1.34. The van der Waals surface area contributed by atoms with E-state index in [1.807, 2.05) is 0 Å². The highest BCUT2D eigenvalue weighted by Gasteiger charge is 2.29. The minimum atomic E-state index is -4.87. The van der Waals surface area contributed by atoms with E-state index in [0.29, 0.717) is 0 Å². The van der Waals surface area contributed by atoms with E-state index in [0.717, 1.165) is 6.07 Å². The molecule has 1 aromatic carbocycles. The molecule has 0 aliphatic rings. The Morgan fingerprint density at radius 1 is 1.37 bits per heavy atom. The van der Waals surface area contributed by atoms with Gasteiger partial charge in [-0.25, -0.2) is 8.78 Å². The van der Waals surface area contributed by atoms with Crippen LogP contribution in [0.25, 0.3) is 0 Å². The molecule has 106 valence electrons. The first-order valence-corrected chi connectivity index (χ1v) is 6.70. The van der Waals surface area contributed by atoms with E-state index in [4.69, 9.17) is 20.6 Å². The van der Waals surface area contributed by atoms with Crippen molar-refractivity contribution in [1.29, 1.82) is 0 Å². The summed E-state index contributed by atoms with van der Waals surface area (Å²) in [5.74, 6) is -1.39. The Labute approximate surface area is 107 Å². The van der Waals surface area contributed by atoms with Gasteiger partial charge in [-0.3, -0.25) is 9.36 Å². The fraction of sp³-hybridized carbons (Fsp3) is 0.300. The van der Waals surface area contributed by atoms with Crippen molar-refractivity contribution in [3.8, 4) is 0 Å². The predicted molar refractivity (Wildman–Crippen MR) is 62.4 cm³/mol. The van der Waals surface area contributed by atoms with Crippen molar-refractivity contribution in [1.82, 2.24) is 0 Å². The third kappa shape index (κ3) is 3.81. The zero-order chi connectivity index (χ0) is 14.8. The minimum Gasteiger partial charge on any atom is -0.480 e. The lowest BCUT2D eigenvalue weighted by Crippen LogP contribution is -2.33. The molecule has 1 unspecified atom stereocenters. The average molecular weight is 295 g/mol. The van der Waals surface area contributed by atoms with Gasteiger partial charge in [0, 0.05) is 5.56 Å². The van der Waals surface area contributed by atoms with Crippen molar-refractivity contribution in [2.75, 3.05) is 0 Å². The second kappa shape index (κ2) is 5.75. The number of carbonyl (C=O) groups is 1. The van der Waals surface area contributed by atoms with Crippen LogP contribution in [0.4, 0.5) is 8.78 Å². The zero-order valence-electron chi connectivity index (χ0n) is 9.53. The summed E-state index contributed by atoms with van der Waals surface area (Å²) in [5, 5.41) is 7.83. The zero-order valence-corrected chi connectivity index (χ0v) is 10.4. The van der Waals surface area contributed by atoms with Crippen molar-refractivity contribution in [3.63, 3.8) is 0 Å². The molecule has 0 radical (unpaired) electrons. The molecule has 0 saturated heterocycles. The predicted octanol–water partition coefficient (Wildman–Crippen LogP) is 0.382. The van der Waals surface area contributed by atoms with Crippen LogP contribution >= 0.6 is 7.60 Å². The number of carboxylic acids is 1. The summed E-state index contributed by atoms with van der Waals surface area (Å²) in [5.41, 5.74) is 4.19. The Morgan fingerprint density at radius 3 is 2.37 bits per heavy atom. The third-order valence-electron chi connectivity index (χ3n) is 2.46. The van der Waals surface area contributed by atoms with Crippen LogP contribution in [0.1, 0.15) is 17.6 Å². The van der Waals surface area contributed by atoms with Crippen molar-refractivity contribution in [2.45, 2.75) is 18.9 Å². The summed E-state index contributed by atoms with van der Waals surface area (Å²) < 4.78 is 37.0. The SMILES string of the molecule is NC(Cc1cccc(P(=O)(O)O)c1C(F)F)C(=O)O. The molecule has 9 heteroatoms. The molecule has 0 aromatic heterocycles. The van der Waals surface area contributed by atoms with E-state index in [2.05, 4.69) is 0 Å². The summed E-state index contributed by atoms with van der Waals surface area (Å²) in [6.07, 6.45) is -3.58. The van der Waals surface area contributed by atoms with Gasteiger partial charge in [-0.2, -0.15) is 0 Å². The van der Waals surface area contributed by atoms with Crippen LogP contribution in [0.3, 0.4) is 0 Å². The molecule has 0 aliphatic carbocycles. The molecule has 0 heterocycles. The number of nitrogens with two attached hydrogens (primary N) is 1. The van der Waals surface area contributed by atoms with Gasteiger partial charge >= 0.3 is 13.6 Å².